The summed E-state index contributed by atoms with van der Waals surface area (Å²) in [7, 11) is 0. The summed E-state index contributed by atoms with van der Waals surface area (Å²) in [4.78, 5) is 76.9. The summed E-state index contributed by atoms with van der Waals surface area (Å²) >= 11 is 6.39. The van der Waals surface area contributed by atoms with Crippen molar-refractivity contribution in [3.63, 3.8) is 0 Å². The zero-order valence-electron chi connectivity index (χ0n) is 32.9. The summed E-state index contributed by atoms with van der Waals surface area (Å²) in [5.74, 6) is -1.11. The molecule has 0 saturated carbocycles. The fourth-order valence-corrected chi connectivity index (χ4v) is 10.5. The number of anilines is 3. The monoisotopic (exact) mass is 804 g/mol. The number of carbonyl (C=O) groups is 4. The van der Waals surface area contributed by atoms with E-state index in [-0.39, 0.29) is 24.2 Å². The number of hydrogen-bond acceptors (Lipinski definition) is 11. The van der Waals surface area contributed by atoms with Gasteiger partial charge in [-0.25, -0.2) is 14.8 Å². The van der Waals surface area contributed by atoms with Gasteiger partial charge in [0.1, 0.15) is 6.04 Å². The van der Waals surface area contributed by atoms with Crippen LogP contribution in [0, 0.1) is 12.0 Å². The van der Waals surface area contributed by atoms with Crippen molar-refractivity contribution in [1.29, 1.82) is 0 Å². The van der Waals surface area contributed by atoms with Crippen molar-refractivity contribution in [2.24, 2.45) is 5.41 Å². The lowest BCUT2D eigenvalue weighted by Gasteiger charge is -2.43. The van der Waals surface area contributed by atoms with E-state index in [1.807, 2.05) is 36.7 Å². The molecule has 302 valence electrons. The molecule has 6 aliphatic rings. The molecule has 6 aliphatic heterocycles. The van der Waals surface area contributed by atoms with Crippen molar-refractivity contribution < 1.29 is 19.2 Å². The van der Waals surface area contributed by atoms with Gasteiger partial charge in [-0.3, -0.25) is 39.2 Å². The van der Waals surface area contributed by atoms with Gasteiger partial charge in [-0.1, -0.05) is 17.7 Å². The Morgan fingerprint density at radius 1 is 0.845 bits per heavy atom. The number of benzene rings is 2. The molecule has 0 bridgehead atoms. The van der Waals surface area contributed by atoms with Crippen LogP contribution in [0.3, 0.4) is 0 Å². The first-order valence-corrected chi connectivity index (χ1v) is 21.0. The molecular formula is C43H49ClN10O4. The van der Waals surface area contributed by atoms with Gasteiger partial charge in [-0.05, 0) is 81.2 Å². The van der Waals surface area contributed by atoms with Gasteiger partial charge in [0, 0.05) is 118 Å². The minimum Gasteiger partial charge on any atom is -0.371 e. The summed E-state index contributed by atoms with van der Waals surface area (Å²) in [6.07, 6.45) is 9.62. The maximum absolute atomic E-state index is 13.4. The number of piperazine rings is 1. The maximum atomic E-state index is 13.4. The molecule has 1 aromatic heterocycles. The first-order chi connectivity index (χ1) is 28.1. The number of halogens is 1. The lowest BCUT2D eigenvalue weighted by Crippen LogP contribution is -2.54. The Morgan fingerprint density at radius 2 is 1.55 bits per heavy atom. The van der Waals surface area contributed by atoms with E-state index in [1.165, 1.54) is 0 Å². The van der Waals surface area contributed by atoms with Crippen LogP contribution >= 0.6 is 11.6 Å². The summed E-state index contributed by atoms with van der Waals surface area (Å²) in [6.45, 7) is 19.1. The first-order valence-electron chi connectivity index (χ1n) is 20.6. The number of hydrogen-bond donors (Lipinski definition) is 1. The third-order valence-corrected chi connectivity index (χ3v) is 13.8. The molecule has 4 amide bonds. The second-order valence-electron chi connectivity index (χ2n) is 17.0. The zero-order chi connectivity index (χ0) is 40.1. The van der Waals surface area contributed by atoms with Crippen molar-refractivity contribution in [1.82, 2.24) is 30.0 Å². The summed E-state index contributed by atoms with van der Waals surface area (Å²) in [6, 6.07) is 11.1. The van der Waals surface area contributed by atoms with Gasteiger partial charge in [-0.2, -0.15) is 0 Å². The smallest absolute Gasteiger partial charge is 0.262 e. The van der Waals surface area contributed by atoms with E-state index in [1.54, 1.807) is 12.1 Å². The highest BCUT2D eigenvalue weighted by Gasteiger charge is 2.46. The molecule has 15 heteroatoms. The highest BCUT2D eigenvalue weighted by Crippen LogP contribution is 2.46. The molecular weight excluding hydrogens is 756 g/mol. The molecule has 14 nitrogen and oxygen atoms in total. The van der Waals surface area contributed by atoms with Crippen molar-refractivity contribution in [3.05, 3.63) is 81.9 Å². The number of nitrogens with one attached hydrogen (secondary N) is 1. The predicted molar refractivity (Wildman–Crippen MR) is 220 cm³/mol. The van der Waals surface area contributed by atoms with Crippen LogP contribution in [0.25, 0.3) is 4.85 Å². The summed E-state index contributed by atoms with van der Waals surface area (Å²) in [5, 5.41) is 2.77. The number of rotatable bonds is 7. The maximum Gasteiger partial charge on any atom is 0.262 e. The predicted octanol–water partition coefficient (Wildman–Crippen LogP) is 4.75. The average Bonchev–Trinajstić information content (AvgIpc) is 3.69. The van der Waals surface area contributed by atoms with Crippen LogP contribution in [0.2, 0.25) is 5.02 Å². The first kappa shape index (κ1) is 38.4. The van der Waals surface area contributed by atoms with E-state index in [0.717, 1.165) is 125 Å². The van der Waals surface area contributed by atoms with Crippen LogP contribution in [0.5, 0.6) is 0 Å². The Bertz CT molecular complexity index is 2150. The van der Waals surface area contributed by atoms with Gasteiger partial charge in [0.2, 0.25) is 23.5 Å². The third kappa shape index (κ3) is 7.28. The SMILES string of the molecule is [C-]#[N+]c1ccc(N2CC3(CCN(c4ncc(CN5CCN(C6CCN(c7ccc8c(c7)C(=O)N(C7CCC(=O)NC7=O)C8=O)CC6)CC5)cn4)CC3)C[C@@H]2C)cc1Cl. The van der Waals surface area contributed by atoms with Crippen LogP contribution in [0.15, 0.2) is 48.8 Å². The Morgan fingerprint density at radius 3 is 2.24 bits per heavy atom. The summed E-state index contributed by atoms with van der Waals surface area (Å²) < 4.78 is 0. The molecule has 0 radical (unpaired) electrons. The average molecular weight is 805 g/mol. The number of aromatic nitrogens is 2. The van der Waals surface area contributed by atoms with Crippen LogP contribution in [0.4, 0.5) is 23.0 Å². The second kappa shape index (κ2) is 15.6. The fraction of sp³-hybridized carbons (Fsp3) is 0.512. The highest BCUT2D eigenvalue weighted by atomic mass is 35.5. The van der Waals surface area contributed by atoms with Crippen molar-refractivity contribution >= 4 is 58.2 Å². The molecule has 5 saturated heterocycles. The lowest BCUT2D eigenvalue weighted by atomic mass is 9.77. The molecule has 1 N–H and O–H groups in total. The molecule has 1 unspecified atom stereocenters. The Hall–Kier alpha value is -5.10. The number of piperidine rings is 3. The number of fused-ring (bicyclic) bond motifs is 1. The van der Waals surface area contributed by atoms with Gasteiger partial charge < -0.3 is 14.7 Å². The fourth-order valence-electron chi connectivity index (χ4n) is 10.3. The van der Waals surface area contributed by atoms with E-state index in [0.29, 0.717) is 33.9 Å². The van der Waals surface area contributed by atoms with Crippen LogP contribution < -0.4 is 20.0 Å². The van der Waals surface area contributed by atoms with Gasteiger partial charge >= 0.3 is 0 Å². The van der Waals surface area contributed by atoms with E-state index in [2.05, 4.69) is 41.6 Å². The molecule has 5 fully saturated rings. The minimum atomic E-state index is -0.961. The molecule has 1 spiro atoms. The van der Waals surface area contributed by atoms with Crippen LogP contribution in [0.1, 0.15) is 78.1 Å². The lowest BCUT2D eigenvalue weighted by molar-refractivity contribution is -0.136. The quantitative estimate of drug-likeness (QED) is 0.263. The Labute approximate surface area is 343 Å². The number of imide groups is 2. The number of nitrogens with zero attached hydrogens (tertiary/aromatic N) is 9. The van der Waals surface area contributed by atoms with Gasteiger partial charge in [0.25, 0.3) is 11.8 Å². The Kier molecular flexibility index (Phi) is 10.3. The molecule has 0 aliphatic carbocycles. The molecule has 58 heavy (non-hydrogen) atoms. The van der Waals surface area contributed by atoms with Crippen LogP contribution in [-0.2, 0) is 16.1 Å². The van der Waals surface area contributed by atoms with E-state index < -0.39 is 23.8 Å². The molecule has 2 aromatic carbocycles. The standard InChI is InChI=1S/C43H49ClN10O4/c1-28-23-43(27-53(28)32-4-6-36(45-2)35(44)22-32)11-15-52(16-12-43)42-46-24-29(25-47-42)26-49-17-19-51(20-18-49)30-9-13-50(14-10-30)31-3-5-33-34(21-31)41(58)54(40(33)57)37-7-8-38(55)48-39(37)56/h3-6,21-22,24-25,28,30,37H,7-20,23,26-27H2,1H3,(H,48,55,56)/t28-,37?/m0/s1. The minimum absolute atomic E-state index is 0.101. The van der Waals surface area contributed by atoms with Gasteiger partial charge in [0.05, 0.1) is 17.7 Å². The van der Waals surface area contributed by atoms with E-state index in [4.69, 9.17) is 28.1 Å². The van der Waals surface area contributed by atoms with Crippen LogP contribution in [-0.4, -0.2) is 125 Å². The number of amides is 4. The van der Waals surface area contributed by atoms with Crippen molar-refractivity contribution in [3.8, 4) is 0 Å². The third-order valence-electron chi connectivity index (χ3n) is 13.5. The molecule has 7 heterocycles. The topological polar surface area (TPSA) is 130 Å². The molecule has 3 aromatic rings. The number of carbonyl (C=O) groups excluding carboxylic acids is 4. The van der Waals surface area contributed by atoms with Gasteiger partial charge in [-0.15, -0.1) is 0 Å². The van der Waals surface area contributed by atoms with Crippen molar-refractivity contribution in [2.75, 3.05) is 73.6 Å². The highest BCUT2D eigenvalue weighted by molar-refractivity contribution is 6.33. The normalized spacial score (nSPS) is 24.4. The second-order valence-corrected chi connectivity index (χ2v) is 17.4. The zero-order valence-corrected chi connectivity index (χ0v) is 33.7. The van der Waals surface area contributed by atoms with Gasteiger partial charge in [0.15, 0.2) is 0 Å². The Balaban J connectivity index is 0.720. The summed E-state index contributed by atoms with van der Waals surface area (Å²) in [5.41, 5.74) is 4.54. The van der Waals surface area contributed by atoms with Crippen molar-refractivity contribution in [2.45, 2.75) is 76.5 Å². The van der Waals surface area contributed by atoms with E-state index >= 15 is 0 Å². The molecule has 2 atom stereocenters. The largest absolute Gasteiger partial charge is 0.371 e. The van der Waals surface area contributed by atoms with E-state index in [9.17, 15) is 19.2 Å². The molecule has 9 rings (SSSR count).